The molecule has 2 aromatic rings. The van der Waals surface area contributed by atoms with Crippen LogP contribution in [0.3, 0.4) is 0 Å². The standard InChI is InChI=1S/C14H16N2O2/c1-8-6-12(15)13(7-9(8)2)16-14(17)11-4-5-18-10(11)3/h4-7H,15H2,1-3H3,(H,16,17). The summed E-state index contributed by atoms with van der Waals surface area (Å²) in [4.78, 5) is 12.0. The van der Waals surface area contributed by atoms with Gasteiger partial charge in [-0.25, -0.2) is 0 Å². The number of nitrogen functional groups attached to an aromatic ring is 1. The van der Waals surface area contributed by atoms with E-state index in [1.807, 2.05) is 26.0 Å². The topological polar surface area (TPSA) is 68.3 Å². The van der Waals surface area contributed by atoms with E-state index in [0.717, 1.165) is 11.1 Å². The number of furan rings is 1. The van der Waals surface area contributed by atoms with Gasteiger partial charge in [0.1, 0.15) is 5.76 Å². The summed E-state index contributed by atoms with van der Waals surface area (Å²) in [5.41, 5.74) is 9.79. The van der Waals surface area contributed by atoms with Crippen molar-refractivity contribution < 1.29 is 9.21 Å². The number of hydrogen-bond donors (Lipinski definition) is 2. The highest BCUT2D eigenvalue weighted by Crippen LogP contribution is 2.24. The Kier molecular flexibility index (Phi) is 3.10. The van der Waals surface area contributed by atoms with Gasteiger partial charge < -0.3 is 15.5 Å². The second-order valence-corrected chi connectivity index (χ2v) is 4.37. The molecule has 2 rings (SSSR count). The highest BCUT2D eigenvalue weighted by molar-refractivity contribution is 6.06. The van der Waals surface area contributed by atoms with Gasteiger partial charge in [0.2, 0.25) is 0 Å². The van der Waals surface area contributed by atoms with Gasteiger partial charge in [-0.3, -0.25) is 4.79 Å². The molecule has 0 atom stereocenters. The second kappa shape index (κ2) is 4.56. The summed E-state index contributed by atoms with van der Waals surface area (Å²) in [5.74, 6) is 0.381. The third-order valence-electron chi connectivity index (χ3n) is 3.02. The first-order valence-electron chi connectivity index (χ1n) is 5.71. The van der Waals surface area contributed by atoms with E-state index in [1.54, 1.807) is 13.0 Å². The molecule has 3 N–H and O–H groups in total. The number of anilines is 2. The second-order valence-electron chi connectivity index (χ2n) is 4.37. The van der Waals surface area contributed by atoms with E-state index in [2.05, 4.69) is 5.32 Å². The third kappa shape index (κ3) is 2.22. The Bertz CT molecular complexity index is 600. The highest BCUT2D eigenvalue weighted by atomic mass is 16.3. The van der Waals surface area contributed by atoms with E-state index in [9.17, 15) is 4.79 Å². The van der Waals surface area contributed by atoms with Crippen molar-refractivity contribution in [1.29, 1.82) is 0 Å². The Labute approximate surface area is 106 Å². The zero-order chi connectivity index (χ0) is 13.3. The molecule has 4 heteroatoms. The largest absolute Gasteiger partial charge is 0.469 e. The average molecular weight is 244 g/mol. The fourth-order valence-corrected chi connectivity index (χ4v) is 1.76. The molecule has 0 radical (unpaired) electrons. The number of carbonyl (C=O) groups excluding carboxylic acids is 1. The molecule has 94 valence electrons. The minimum absolute atomic E-state index is 0.212. The van der Waals surface area contributed by atoms with Crippen molar-refractivity contribution in [2.45, 2.75) is 20.8 Å². The van der Waals surface area contributed by atoms with Crippen molar-refractivity contribution in [3.63, 3.8) is 0 Å². The zero-order valence-corrected chi connectivity index (χ0v) is 10.7. The first kappa shape index (κ1) is 12.2. The fraction of sp³-hybridized carbons (Fsp3) is 0.214. The maximum absolute atomic E-state index is 12.0. The van der Waals surface area contributed by atoms with Crippen LogP contribution in [0, 0.1) is 20.8 Å². The summed E-state index contributed by atoms with van der Waals surface area (Å²) in [6, 6.07) is 5.37. The van der Waals surface area contributed by atoms with E-state index in [0.29, 0.717) is 22.7 Å². The Balaban J connectivity index is 2.28. The molecular formula is C14H16N2O2. The molecule has 0 fully saturated rings. The molecule has 18 heavy (non-hydrogen) atoms. The molecule has 0 bridgehead atoms. The summed E-state index contributed by atoms with van der Waals surface area (Å²) >= 11 is 0. The smallest absolute Gasteiger partial charge is 0.259 e. The van der Waals surface area contributed by atoms with Crippen molar-refractivity contribution in [3.05, 3.63) is 46.9 Å². The summed E-state index contributed by atoms with van der Waals surface area (Å²) in [6.45, 7) is 5.71. The Hall–Kier alpha value is -2.23. The Morgan fingerprint density at radius 3 is 2.50 bits per heavy atom. The van der Waals surface area contributed by atoms with Crippen LogP contribution in [0.2, 0.25) is 0 Å². The molecule has 0 saturated carbocycles. The van der Waals surface area contributed by atoms with Gasteiger partial charge in [-0.1, -0.05) is 0 Å². The first-order chi connectivity index (χ1) is 8.49. The molecule has 0 aliphatic heterocycles. The lowest BCUT2D eigenvalue weighted by Crippen LogP contribution is -2.13. The number of benzene rings is 1. The Morgan fingerprint density at radius 2 is 1.89 bits per heavy atom. The average Bonchev–Trinajstić information content (AvgIpc) is 2.72. The zero-order valence-electron chi connectivity index (χ0n) is 10.7. The minimum Gasteiger partial charge on any atom is -0.469 e. The van der Waals surface area contributed by atoms with E-state index in [-0.39, 0.29) is 5.91 Å². The molecule has 0 saturated heterocycles. The molecule has 1 amide bonds. The molecule has 0 spiro atoms. The molecule has 1 heterocycles. The van der Waals surface area contributed by atoms with Crippen molar-refractivity contribution in [3.8, 4) is 0 Å². The maximum atomic E-state index is 12.0. The van der Waals surface area contributed by atoms with Crippen molar-refractivity contribution >= 4 is 17.3 Å². The van der Waals surface area contributed by atoms with Crippen LogP contribution in [0.1, 0.15) is 27.2 Å². The number of rotatable bonds is 2. The highest BCUT2D eigenvalue weighted by Gasteiger charge is 2.13. The van der Waals surface area contributed by atoms with Gasteiger partial charge in [0.05, 0.1) is 23.2 Å². The molecule has 0 aliphatic carbocycles. The van der Waals surface area contributed by atoms with E-state index in [4.69, 9.17) is 10.2 Å². The molecule has 0 aliphatic rings. The summed E-state index contributed by atoms with van der Waals surface area (Å²) < 4.78 is 5.10. The van der Waals surface area contributed by atoms with Crippen LogP contribution < -0.4 is 11.1 Å². The van der Waals surface area contributed by atoms with Gasteiger partial charge in [-0.15, -0.1) is 0 Å². The van der Waals surface area contributed by atoms with Crippen LogP contribution >= 0.6 is 0 Å². The fourth-order valence-electron chi connectivity index (χ4n) is 1.76. The number of amides is 1. The van der Waals surface area contributed by atoms with Gasteiger partial charge in [0, 0.05) is 0 Å². The van der Waals surface area contributed by atoms with E-state index in [1.165, 1.54) is 6.26 Å². The number of nitrogens with one attached hydrogen (secondary N) is 1. The van der Waals surface area contributed by atoms with Crippen LogP contribution in [0.15, 0.2) is 28.9 Å². The van der Waals surface area contributed by atoms with Crippen molar-refractivity contribution in [2.75, 3.05) is 11.1 Å². The molecular weight excluding hydrogens is 228 g/mol. The predicted molar refractivity (Wildman–Crippen MR) is 71.7 cm³/mol. The Morgan fingerprint density at radius 1 is 1.22 bits per heavy atom. The molecule has 0 unspecified atom stereocenters. The number of carbonyl (C=O) groups is 1. The summed E-state index contributed by atoms with van der Waals surface area (Å²) in [5, 5.41) is 2.80. The van der Waals surface area contributed by atoms with Crippen LogP contribution in [0.25, 0.3) is 0 Å². The molecule has 4 nitrogen and oxygen atoms in total. The van der Waals surface area contributed by atoms with Crippen molar-refractivity contribution in [1.82, 2.24) is 0 Å². The monoisotopic (exact) mass is 244 g/mol. The van der Waals surface area contributed by atoms with Gasteiger partial charge in [-0.2, -0.15) is 0 Å². The SMILES string of the molecule is Cc1cc(N)c(NC(=O)c2ccoc2C)cc1C. The summed E-state index contributed by atoms with van der Waals surface area (Å²) in [6.07, 6.45) is 1.49. The van der Waals surface area contributed by atoms with Gasteiger partial charge in [-0.05, 0) is 50.1 Å². The van der Waals surface area contributed by atoms with Crippen LogP contribution in [0.4, 0.5) is 11.4 Å². The van der Waals surface area contributed by atoms with Crippen molar-refractivity contribution in [2.24, 2.45) is 0 Å². The van der Waals surface area contributed by atoms with Gasteiger partial charge >= 0.3 is 0 Å². The van der Waals surface area contributed by atoms with Gasteiger partial charge in [0.15, 0.2) is 0 Å². The lowest BCUT2D eigenvalue weighted by Gasteiger charge is -2.10. The normalized spacial score (nSPS) is 10.4. The summed E-state index contributed by atoms with van der Waals surface area (Å²) in [7, 11) is 0. The first-order valence-corrected chi connectivity index (χ1v) is 5.71. The van der Waals surface area contributed by atoms with E-state index >= 15 is 0 Å². The number of hydrogen-bond acceptors (Lipinski definition) is 3. The quantitative estimate of drug-likeness (QED) is 0.798. The molecule has 1 aromatic heterocycles. The van der Waals surface area contributed by atoms with Crippen LogP contribution in [-0.4, -0.2) is 5.91 Å². The third-order valence-corrected chi connectivity index (χ3v) is 3.02. The van der Waals surface area contributed by atoms with E-state index < -0.39 is 0 Å². The number of nitrogens with two attached hydrogens (primary N) is 1. The predicted octanol–water partition coefficient (Wildman–Crippen LogP) is 3.04. The lowest BCUT2D eigenvalue weighted by atomic mass is 10.1. The number of aryl methyl sites for hydroxylation is 3. The lowest BCUT2D eigenvalue weighted by molar-refractivity contribution is 0.102. The van der Waals surface area contributed by atoms with Crippen LogP contribution in [-0.2, 0) is 0 Å². The maximum Gasteiger partial charge on any atom is 0.259 e. The van der Waals surface area contributed by atoms with Gasteiger partial charge in [0.25, 0.3) is 5.91 Å². The minimum atomic E-state index is -0.212. The van der Waals surface area contributed by atoms with Crippen LogP contribution in [0.5, 0.6) is 0 Å². The molecule has 1 aromatic carbocycles.